The van der Waals surface area contributed by atoms with Crippen LogP contribution < -0.4 is 10.6 Å². The predicted octanol–water partition coefficient (Wildman–Crippen LogP) is 6.19. The van der Waals surface area contributed by atoms with E-state index in [9.17, 15) is 44.7 Å². The first-order chi connectivity index (χ1) is 19.6. The molecule has 0 spiro atoms. The molecule has 0 aliphatic heterocycles. The number of hydrogen-bond acceptors (Lipinski definition) is 4. The summed E-state index contributed by atoms with van der Waals surface area (Å²) in [5.74, 6) is -3.23. The third kappa shape index (κ3) is 11.6. The molecule has 2 heterocycles. The number of carbonyl (C=O) groups excluding carboxylic acids is 2. The minimum Gasteiger partial charge on any atom is -0.352 e. The smallest absolute Gasteiger partial charge is 0.352 e. The Bertz CT molecular complexity index is 1320. The normalized spacial score (nSPS) is 15.1. The van der Waals surface area contributed by atoms with Crippen molar-refractivity contribution < 1.29 is 44.7 Å². The van der Waals surface area contributed by atoms with E-state index >= 15 is 0 Å². The van der Waals surface area contributed by atoms with E-state index in [0.717, 1.165) is 12.7 Å². The second-order valence-corrected chi connectivity index (χ2v) is 9.89. The van der Waals surface area contributed by atoms with Crippen molar-refractivity contribution in [3.63, 3.8) is 0 Å². The van der Waals surface area contributed by atoms with Gasteiger partial charge in [0, 0.05) is 38.5 Å². The molecule has 1 fully saturated rings. The number of alkyl halides is 8. The Morgan fingerprint density at radius 1 is 0.952 bits per heavy atom. The molecule has 0 saturated heterocycles. The van der Waals surface area contributed by atoms with Crippen LogP contribution in [0.3, 0.4) is 0 Å². The largest absolute Gasteiger partial charge is 0.390 e. The number of aromatic amines is 1. The van der Waals surface area contributed by atoms with Crippen LogP contribution in [0.5, 0.6) is 0 Å². The third-order valence-corrected chi connectivity index (χ3v) is 6.24. The zero-order chi connectivity index (χ0) is 31.0. The Morgan fingerprint density at radius 3 is 2.26 bits per heavy atom. The van der Waals surface area contributed by atoms with E-state index in [-0.39, 0.29) is 38.2 Å². The molecule has 0 radical (unpaired) electrons. The molecule has 1 aromatic carbocycles. The van der Waals surface area contributed by atoms with Crippen molar-refractivity contribution in [3.8, 4) is 0 Å². The lowest BCUT2D eigenvalue weighted by Crippen LogP contribution is -2.24. The van der Waals surface area contributed by atoms with Crippen LogP contribution in [0.2, 0.25) is 0 Å². The fourth-order valence-corrected chi connectivity index (χ4v) is 4.03. The van der Waals surface area contributed by atoms with Gasteiger partial charge in [0.2, 0.25) is 11.8 Å². The summed E-state index contributed by atoms with van der Waals surface area (Å²) in [6.07, 6.45) is -6.57. The highest BCUT2D eigenvalue weighted by Gasteiger charge is 2.30. The zero-order valence-electron chi connectivity index (χ0n) is 22.3. The van der Waals surface area contributed by atoms with Crippen LogP contribution in [-0.4, -0.2) is 49.6 Å². The van der Waals surface area contributed by atoms with Crippen molar-refractivity contribution in [3.05, 3.63) is 47.8 Å². The van der Waals surface area contributed by atoms with Gasteiger partial charge < -0.3 is 20.2 Å². The van der Waals surface area contributed by atoms with Gasteiger partial charge in [-0.25, -0.2) is 18.7 Å². The quantitative estimate of drug-likeness (QED) is 0.252. The van der Waals surface area contributed by atoms with Crippen molar-refractivity contribution >= 4 is 22.8 Å². The number of aromatic nitrogens is 4. The number of halogens is 8. The molecule has 3 aromatic rings. The highest BCUT2D eigenvalue weighted by atomic mass is 19.4. The first-order valence-corrected chi connectivity index (χ1v) is 13.1. The van der Waals surface area contributed by atoms with Gasteiger partial charge in [0.05, 0.1) is 36.7 Å². The van der Waals surface area contributed by atoms with Crippen LogP contribution in [-0.2, 0) is 24.4 Å². The number of nitrogens with zero attached hydrogens (tertiary/aromatic N) is 3. The fourth-order valence-electron chi connectivity index (χ4n) is 4.03. The van der Waals surface area contributed by atoms with E-state index in [1.54, 1.807) is 18.2 Å². The number of amides is 2. The van der Waals surface area contributed by atoms with E-state index in [2.05, 4.69) is 25.6 Å². The Kier molecular flexibility index (Phi) is 10.9. The number of carbonyl (C=O) groups is 2. The number of fused-ring (bicyclic) bond motifs is 1. The monoisotopic (exact) mass is 610 g/mol. The van der Waals surface area contributed by atoms with E-state index < -0.39 is 49.4 Å². The van der Waals surface area contributed by atoms with Crippen LogP contribution >= 0.6 is 0 Å². The molecule has 232 valence electrons. The summed E-state index contributed by atoms with van der Waals surface area (Å²) in [5.41, 5.74) is 1.74. The summed E-state index contributed by atoms with van der Waals surface area (Å²) in [5, 5.41) is 4.98. The second kappa shape index (κ2) is 14.0. The SMILES string of the molecule is FC1(F)CCCCC1.O=C(CCC(F)(F)F)NCc1ccc2nc(CNC(=O)c3cn(CCC(F)(F)F)cn3)[nH]c2c1. The highest BCUT2D eigenvalue weighted by Crippen LogP contribution is 2.32. The van der Waals surface area contributed by atoms with Crippen molar-refractivity contribution in [2.75, 3.05) is 0 Å². The summed E-state index contributed by atoms with van der Waals surface area (Å²) in [4.78, 5) is 34.8. The van der Waals surface area contributed by atoms with E-state index in [0.29, 0.717) is 35.3 Å². The first-order valence-electron chi connectivity index (χ1n) is 13.1. The van der Waals surface area contributed by atoms with Gasteiger partial charge in [0.1, 0.15) is 11.5 Å². The minimum atomic E-state index is -4.40. The van der Waals surface area contributed by atoms with Gasteiger partial charge in [0.15, 0.2) is 0 Å². The summed E-state index contributed by atoms with van der Waals surface area (Å²) in [7, 11) is 0. The Hall–Kier alpha value is -3.72. The van der Waals surface area contributed by atoms with Crippen LogP contribution in [0.25, 0.3) is 11.0 Å². The van der Waals surface area contributed by atoms with Gasteiger partial charge in [0.25, 0.3) is 5.91 Å². The van der Waals surface area contributed by atoms with E-state index in [4.69, 9.17) is 0 Å². The molecule has 1 aliphatic rings. The van der Waals surface area contributed by atoms with Gasteiger partial charge in [-0.2, -0.15) is 26.3 Å². The average molecular weight is 611 g/mol. The van der Waals surface area contributed by atoms with Crippen LogP contribution in [0, 0.1) is 0 Å². The molecular weight excluding hydrogens is 580 g/mol. The van der Waals surface area contributed by atoms with Crippen molar-refractivity contribution in [2.45, 2.75) is 89.3 Å². The maximum atomic E-state index is 12.3. The van der Waals surface area contributed by atoms with Crippen molar-refractivity contribution in [2.24, 2.45) is 0 Å². The number of rotatable bonds is 9. The summed E-state index contributed by atoms with van der Waals surface area (Å²) < 4.78 is 99.0. The fraction of sp³-hybridized carbons (Fsp3) is 0.538. The van der Waals surface area contributed by atoms with E-state index in [1.807, 2.05) is 0 Å². The molecule has 0 bridgehead atoms. The van der Waals surface area contributed by atoms with Gasteiger partial charge >= 0.3 is 12.4 Å². The molecular formula is C26H30F8N6O2. The topological polar surface area (TPSA) is 105 Å². The summed E-state index contributed by atoms with van der Waals surface area (Å²) >= 11 is 0. The van der Waals surface area contributed by atoms with E-state index in [1.165, 1.54) is 10.8 Å². The molecule has 42 heavy (non-hydrogen) atoms. The molecule has 1 aliphatic carbocycles. The molecule has 2 aromatic heterocycles. The van der Waals surface area contributed by atoms with Crippen LogP contribution in [0.4, 0.5) is 35.1 Å². The molecule has 4 rings (SSSR count). The summed E-state index contributed by atoms with van der Waals surface area (Å²) in [6.45, 7) is -0.320. The molecule has 0 atom stereocenters. The predicted molar refractivity (Wildman–Crippen MR) is 135 cm³/mol. The number of H-pyrrole nitrogens is 1. The van der Waals surface area contributed by atoms with Gasteiger partial charge in [-0.1, -0.05) is 12.5 Å². The van der Waals surface area contributed by atoms with Crippen LogP contribution in [0.1, 0.15) is 73.2 Å². The van der Waals surface area contributed by atoms with Gasteiger partial charge in [-0.3, -0.25) is 9.59 Å². The van der Waals surface area contributed by atoms with Gasteiger partial charge in [-0.05, 0) is 30.5 Å². The molecule has 0 unspecified atom stereocenters. The maximum Gasteiger partial charge on any atom is 0.390 e. The number of imidazole rings is 2. The molecule has 16 heteroatoms. The Morgan fingerprint density at radius 2 is 1.64 bits per heavy atom. The van der Waals surface area contributed by atoms with Crippen molar-refractivity contribution in [1.29, 1.82) is 0 Å². The third-order valence-electron chi connectivity index (χ3n) is 6.24. The Balaban J connectivity index is 0.000000521. The average Bonchev–Trinajstić information content (AvgIpc) is 3.54. The van der Waals surface area contributed by atoms with Gasteiger partial charge in [-0.15, -0.1) is 0 Å². The number of aryl methyl sites for hydroxylation is 1. The number of hydrogen-bond donors (Lipinski definition) is 3. The second-order valence-electron chi connectivity index (χ2n) is 9.89. The summed E-state index contributed by atoms with van der Waals surface area (Å²) in [6, 6.07) is 4.97. The zero-order valence-corrected chi connectivity index (χ0v) is 22.3. The molecule has 2 amide bonds. The lowest BCUT2D eigenvalue weighted by molar-refractivity contribution is -0.144. The first kappa shape index (κ1) is 32.8. The molecule has 1 saturated carbocycles. The standard InChI is InChI=1S/C20H20F6N6O2.C6H10F2/c21-19(22,23)4-3-17(33)27-8-12-1-2-13-14(7-12)31-16(30-13)9-28-18(34)15-10-32(11-29-15)6-5-20(24,25)26;7-6(8)4-2-1-3-5-6/h1-2,7,10-11H,3-6,8-9H2,(H,27,33)(H,28,34)(H,30,31);1-5H2. The maximum absolute atomic E-state index is 12.3. The lowest BCUT2D eigenvalue weighted by Gasteiger charge is -2.20. The number of nitrogens with one attached hydrogen (secondary N) is 3. The van der Waals surface area contributed by atoms with Crippen molar-refractivity contribution in [1.82, 2.24) is 30.2 Å². The number of benzene rings is 1. The minimum absolute atomic E-state index is 0.00750. The van der Waals surface area contributed by atoms with Crippen LogP contribution in [0.15, 0.2) is 30.7 Å². The molecule has 3 N–H and O–H groups in total. The lowest BCUT2D eigenvalue weighted by atomic mass is 9.97. The Labute approximate surface area is 235 Å². The highest BCUT2D eigenvalue weighted by molar-refractivity contribution is 5.92. The molecule has 8 nitrogen and oxygen atoms in total.